The summed E-state index contributed by atoms with van der Waals surface area (Å²) in [5.41, 5.74) is 0.935. The standard InChI is InChI=1S/C15H13BrF3N/c1-20-15(9-2-4-12(16)14(19)7-9)8-10-6-11(17)3-5-13(10)18/h2-7,15,20H,8H2,1H3. The zero-order valence-electron chi connectivity index (χ0n) is 10.8. The van der Waals surface area contributed by atoms with E-state index < -0.39 is 11.6 Å². The quantitative estimate of drug-likeness (QED) is 0.869. The third kappa shape index (κ3) is 3.41. The number of halogens is 4. The van der Waals surface area contributed by atoms with Crippen LogP contribution in [0, 0.1) is 17.5 Å². The average molecular weight is 344 g/mol. The molecule has 2 rings (SSSR count). The van der Waals surface area contributed by atoms with E-state index in [-0.39, 0.29) is 23.8 Å². The fourth-order valence-corrected chi connectivity index (χ4v) is 2.28. The molecule has 0 aromatic heterocycles. The highest BCUT2D eigenvalue weighted by molar-refractivity contribution is 9.10. The zero-order valence-corrected chi connectivity index (χ0v) is 12.3. The minimum atomic E-state index is -0.488. The summed E-state index contributed by atoms with van der Waals surface area (Å²) in [6.45, 7) is 0. The topological polar surface area (TPSA) is 12.0 Å². The summed E-state index contributed by atoms with van der Waals surface area (Å²) in [5.74, 6) is -1.34. The Labute approximate surface area is 123 Å². The van der Waals surface area contributed by atoms with Gasteiger partial charge in [0.1, 0.15) is 17.5 Å². The van der Waals surface area contributed by atoms with Gasteiger partial charge >= 0.3 is 0 Å². The van der Waals surface area contributed by atoms with Crippen molar-refractivity contribution in [1.29, 1.82) is 0 Å². The minimum absolute atomic E-state index is 0.237. The van der Waals surface area contributed by atoms with Crippen molar-refractivity contribution in [3.8, 4) is 0 Å². The molecule has 0 radical (unpaired) electrons. The SMILES string of the molecule is CNC(Cc1cc(F)ccc1F)c1ccc(Br)c(F)c1. The van der Waals surface area contributed by atoms with Crippen LogP contribution in [0.4, 0.5) is 13.2 Å². The molecule has 0 spiro atoms. The molecule has 0 aliphatic rings. The van der Waals surface area contributed by atoms with Gasteiger partial charge in [0.2, 0.25) is 0 Å². The molecular weight excluding hydrogens is 331 g/mol. The van der Waals surface area contributed by atoms with Crippen LogP contribution in [0.25, 0.3) is 0 Å². The van der Waals surface area contributed by atoms with Crippen LogP contribution in [0.15, 0.2) is 40.9 Å². The van der Waals surface area contributed by atoms with Gasteiger partial charge in [-0.3, -0.25) is 0 Å². The summed E-state index contributed by atoms with van der Waals surface area (Å²) in [6.07, 6.45) is 0.237. The fourth-order valence-electron chi connectivity index (χ4n) is 2.04. The fraction of sp³-hybridized carbons (Fsp3) is 0.200. The molecule has 2 aromatic rings. The second-order valence-electron chi connectivity index (χ2n) is 4.45. The van der Waals surface area contributed by atoms with Gasteiger partial charge in [0, 0.05) is 6.04 Å². The molecule has 1 atom stereocenters. The van der Waals surface area contributed by atoms with Gasteiger partial charge in [-0.15, -0.1) is 0 Å². The Balaban J connectivity index is 2.28. The van der Waals surface area contributed by atoms with Crippen molar-refractivity contribution < 1.29 is 13.2 Å². The Morgan fingerprint density at radius 1 is 1.05 bits per heavy atom. The van der Waals surface area contributed by atoms with Crippen LogP contribution in [0.3, 0.4) is 0 Å². The van der Waals surface area contributed by atoms with E-state index in [1.165, 1.54) is 6.07 Å². The Morgan fingerprint density at radius 3 is 2.45 bits per heavy atom. The van der Waals surface area contributed by atoms with Crippen molar-refractivity contribution in [2.75, 3.05) is 7.05 Å². The maximum atomic E-state index is 13.6. The summed E-state index contributed by atoms with van der Waals surface area (Å²) in [4.78, 5) is 0. The first kappa shape index (κ1) is 15.1. The lowest BCUT2D eigenvalue weighted by Crippen LogP contribution is -2.19. The van der Waals surface area contributed by atoms with Gasteiger partial charge in [-0.25, -0.2) is 13.2 Å². The number of benzene rings is 2. The van der Waals surface area contributed by atoms with Crippen molar-refractivity contribution in [3.05, 3.63) is 69.4 Å². The highest BCUT2D eigenvalue weighted by Crippen LogP contribution is 2.24. The van der Waals surface area contributed by atoms with Crippen LogP contribution < -0.4 is 5.32 Å². The molecule has 0 aliphatic heterocycles. The molecule has 1 unspecified atom stereocenters. The molecule has 0 amide bonds. The molecule has 0 fully saturated rings. The van der Waals surface area contributed by atoms with Gasteiger partial charge in [-0.05, 0) is 70.9 Å². The molecule has 20 heavy (non-hydrogen) atoms. The molecular formula is C15H13BrF3N. The largest absolute Gasteiger partial charge is 0.313 e. The molecule has 0 aliphatic carbocycles. The van der Waals surface area contributed by atoms with E-state index in [4.69, 9.17) is 0 Å². The molecule has 2 aromatic carbocycles. The normalized spacial score (nSPS) is 12.4. The highest BCUT2D eigenvalue weighted by atomic mass is 79.9. The van der Waals surface area contributed by atoms with E-state index in [0.29, 0.717) is 10.0 Å². The Morgan fingerprint density at radius 2 is 1.80 bits per heavy atom. The highest BCUT2D eigenvalue weighted by Gasteiger charge is 2.15. The lowest BCUT2D eigenvalue weighted by Gasteiger charge is -2.17. The molecule has 0 saturated heterocycles. The lowest BCUT2D eigenvalue weighted by atomic mass is 9.98. The first-order valence-corrected chi connectivity index (χ1v) is 6.86. The van der Waals surface area contributed by atoms with E-state index in [1.807, 2.05) is 0 Å². The van der Waals surface area contributed by atoms with Gasteiger partial charge in [0.25, 0.3) is 0 Å². The summed E-state index contributed by atoms with van der Waals surface area (Å²) in [5, 5.41) is 2.99. The maximum Gasteiger partial charge on any atom is 0.137 e. The van der Waals surface area contributed by atoms with Crippen molar-refractivity contribution in [2.24, 2.45) is 0 Å². The van der Waals surface area contributed by atoms with Crippen LogP contribution in [0.5, 0.6) is 0 Å². The average Bonchev–Trinajstić information content (AvgIpc) is 2.43. The Kier molecular flexibility index (Phi) is 4.83. The van der Waals surface area contributed by atoms with E-state index in [1.54, 1.807) is 19.2 Å². The minimum Gasteiger partial charge on any atom is -0.313 e. The van der Waals surface area contributed by atoms with Crippen molar-refractivity contribution in [1.82, 2.24) is 5.32 Å². The number of hydrogen-bond acceptors (Lipinski definition) is 1. The van der Waals surface area contributed by atoms with Gasteiger partial charge in [0.05, 0.1) is 4.47 Å². The van der Waals surface area contributed by atoms with E-state index in [9.17, 15) is 13.2 Å². The lowest BCUT2D eigenvalue weighted by molar-refractivity contribution is 0.539. The van der Waals surface area contributed by atoms with Crippen LogP contribution in [-0.4, -0.2) is 7.05 Å². The van der Waals surface area contributed by atoms with Crippen molar-refractivity contribution in [3.63, 3.8) is 0 Å². The predicted octanol–water partition coefficient (Wildman–Crippen LogP) is 4.37. The first-order valence-electron chi connectivity index (χ1n) is 6.07. The van der Waals surface area contributed by atoms with Crippen molar-refractivity contribution >= 4 is 15.9 Å². The van der Waals surface area contributed by atoms with Gasteiger partial charge in [-0.2, -0.15) is 0 Å². The Hall–Kier alpha value is -1.33. The van der Waals surface area contributed by atoms with Gasteiger partial charge in [-0.1, -0.05) is 6.07 Å². The number of likely N-dealkylation sites (N-methyl/N-ethyl adjacent to an activating group) is 1. The molecule has 1 N–H and O–H groups in total. The summed E-state index contributed by atoms with van der Waals surface area (Å²) >= 11 is 3.08. The Bertz CT molecular complexity index is 616. The molecule has 106 valence electrons. The van der Waals surface area contributed by atoms with E-state index in [2.05, 4.69) is 21.2 Å². The van der Waals surface area contributed by atoms with Gasteiger partial charge < -0.3 is 5.32 Å². The molecule has 1 nitrogen and oxygen atoms in total. The smallest absolute Gasteiger partial charge is 0.137 e. The predicted molar refractivity (Wildman–Crippen MR) is 76.0 cm³/mol. The number of hydrogen-bond donors (Lipinski definition) is 1. The van der Waals surface area contributed by atoms with Gasteiger partial charge in [0.15, 0.2) is 0 Å². The third-order valence-corrected chi connectivity index (χ3v) is 3.77. The zero-order chi connectivity index (χ0) is 14.7. The van der Waals surface area contributed by atoms with Crippen LogP contribution in [0.2, 0.25) is 0 Å². The van der Waals surface area contributed by atoms with Crippen molar-refractivity contribution in [2.45, 2.75) is 12.5 Å². The molecule has 0 saturated carbocycles. The maximum absolute atomic E-state index is 13.6. The second kappa shape index (κ2) is 6.41. The van der Waals surface area contributed by atoms with Crippen LogP contribution in [0.1, 0.15) is 17.2 Å². The summed E-state index contributed by atoms with van der Waals surface area (Å²) in [7, 11) is 1.70. The first-order chi connectivity index (χ1) is 9.51. The molecule has 5 heteroatoms. The van der Waals surface area contributed by atoms with Crippen LogP contribution >= 0.6 is 15.9 Å². The summed E-state index contributed by atoms with van der Waals surface area (Å²) in [6, 6.07) is 7.75. The second-order valence-corrected chi connectivity index (χ2v) is 5.31. The third-order valence-electron chi connectivity index (χ3n) is 3.13. The van der Waals surface area contributed by atoms with Crippen LogP contribution in [-0.2, 0) is 6.42 Å². The molecule has 0 heterocycles. The van der Waals surface area contributed by atoms with E-state index >= 15 is 0 Å². The number of rotatable bonds is 4. The monoisotopic (exact) mass is 343 g/mol. The summed E-state index contributed by atoms with van der Waals surface area (Å²) < 4.78 is 40.7. The molecule has 0 bridgehead atoms. The number of nitrogens with one attached hydrogen (secondary N) is 1. The van der Waals surface area contributed by atoms with E-state index in [0.717, 1.165) is 18.2 Å².